The monoisotopic (exact) mass is 721 g/mol. The van der Waals surface area contributed by atoms with Crippen molar-refractivity contribution in [3.05, 3.63) is 24.3 Å². The maximum absolute atomic E-state index is 6.67. The predicted octanol–water partition coefficient (Wildman–Crippen LogP) is 13.6. The second-order valence-corrected chi connectivity index (χ2v) is 18.0. The lowest BCUT2D eigenvalue weighted by Gasteiger charge is -2.36. The van der Waals surface area contributed by atoms with E-state index in [2.05, 4.69) is 80.4 Å². The van der Waals surface area contributed by atoms with Gasteiger partial charge in [0.25, 0.3) is 0 Å². The summed E-state index contributed by atoms with van der Waals surface area (Å²) < 4.78 is 15.1. The zero-order valence-electron chi connectivity index (χ0n) is 36.5. The van der Waals surface area contributed by atoms with Crippen LogP contribution in [0.25, 0.3) is 0 Å². The Morgan fingerprint density at radius 2 is 0.569 bits per heavy atom. The lowest BCUT2D eigenvalue weighted by molar-refractivity contribution is -0.882. The molecule has 0 spiro atoms. The molecule has 0 amide bonds. The Kier molecular flexibility index (Phi) is 35.8. The summed E-state index contributed by atoms with van der Waals surface area (Å²) in [7, 11) is 13.7. The van der Waals surface area contributed by atoms with Crippen molar-refractivity contribution in [3.8, 4) is 0 Å². The van der Waals surface area contributed by atoms with E-state index in [4.69, 9.17) is 9.47 Å². The summed E-state index contributed by atoms with van der Waals surface area (Å²) in [4.78, 5) is 0. The van der Waals surface area contributed by atoms with Gasteiger partial charge >= 0.3 is 0 Å². The summed E-state index contributed by atoms with van der Waals surface area (Å²) in [6.45, 7) is 8.29. The molecule has 0 rings (SSSR count). The van der Waals surface area contributed by atoms with Gasteiger partial charge in [0.05, 0.1) is 42.3 Å². The summed E-state index contributed by atoms with van der Waals surface area (Å²) in [5, 5.41) is 0. The van der Waals surface area contributed by atoms with E-state index in [0.29, 0.717) is 0 Å². The van der Waals surface area contributed by atoms with Crippen LogP contribution in [0.15, 0.2) is 24.3 Å². The van der Waals surface area contributed by atoms with Crippen LogP contribution in [-0.4, -0.2) is 89.8 Å². The van der Waals surface area contributed by atoms with Gasteiger partial charge in [-0.3, -0.25) is 0 Å². The van der Waals surface area contributed by atoms with Crippen LogP contribution in [0.4, 0.5) is 0 Å². The Balaban J connectivity index is 4.19. The molecule has 0 aromatic carbocycles. The quantitative estimate of drug-likeness (QED) is 0.0356. The van der Waals surface area contributed by atoms with Crippen molar-refractivity contribution in [2.24, 2.45) is 0 Å². The molecule has 304 valence electrons. The minimum Gasteiger partial charge on any atom is -0.369 e. The molecule has 51 heavy (non-hydrogen) atoms. The Bertz CT molecular complexity index is 750. The predicted molar refractivity (Wildman–Crippen MR) is 229 cm³/mol. The minimum atomic E-state index is 0.143. The van der Waals surface area contributed by atoms with Crippen molar-refractivity contribution in [2.45, 2.75) is 212 Å². The normalized spacial score (nSPS) is 14.0. The molecule has 0 heterocycles. The Morgan fingerprint density at radius 1 is 0.333 bits per heavy atom. The standard InChI is InChI=1S/C47H96N2O2/c1-9-11-13-15-17-19-21-23-25-27-29-31-33-35-37-39-41-43-51-47(45-49(6,7)8)46(44-48(3,4)5)50-42-40-38-36-34-32-30-28-26-24-22-20-18-16-14-12-10-2/h24-27,46-47H,9-23,28-45H2,1-8H3/q+2/b26-24+,27-25+. The molecular weight excluding hydrogens is 625 g/mol. The summed E-state index contributed by atoms with van der Waals surface area (Å²) >= 11 is 0. The maximum atomic E-state index is 6.67. The van der Waals surface area contributed by atoms with Gasteiger partial charge in [-0.1, -0.05) is 160 Å². The van der Waals surface area contributed by atoms with Crippen molar-refractivity contribution in [2.75, 3.05) is 68.6 Å². The number of hydrogen-bond acceptors (Lipinski definition) is 2. The molecule has 0 aliphatic rings. The highest BCUT2D eigenvalue weighted by Crippen LogP contribution is 2.16. The highest BCUT2D eigenvalue weighted by Gasteiger charge is 2.32. The first-order valence-corrected chi connectivity index (χ1v) is 22.7. The average Bonchev–Trinajstić information content (AvgIpc) is 3.07. The van der Waals surface area contributed by atoms with Gasteiger partial charge in [0.1, 0.15) is 25.3 Å². The molecule has 0 saturated carbocycles. The van der Waals surface area contributed by atoms with Crippen LogP contribution in [0.2, 0.25) is 0 Å². The van der Waals surface area contributed by atoms with E-state index in [-0.39, 0.29) is 12.2 Å². The Labute approximate surface area is 322 Å². The van der Waals surface area contributed by atoms with Crippen LogP contribution in [0.5, 0.6) is 0 Å². The number of nitrogens with zero attached hydrogens (tertiary/aromatic N) is 2. The highest BCUT2D eigenvalue weighted by molar-refractivity contribution is 4.82. The number of quaternary nitrogens is 2. The molecule has 0 N–H and O–H groups in total. The van der Waals surface area contributed by atoms with Gasteiger partial charge in [-0.25, -0.2) is 0 Å². The van der Waals surface area contributed by atoms with Gasteiger partial charge in [-0.15, -0.1) is 0 Å². The lowest BCUT2D eigenvalue weighted by atomic mass is 10.1. The molecule has 0 aliphatic heterocycles. The van der Waals surface area contributed by atoms with Crippen LogP contribution >= 0.6 is 0 Å². The second kappa shape index (κ2) is 36.3. The van der Waals surface area contributed by atoms with Crippen molar-refractivity contribution < 1.29 is 18.4 Å². The van der Waals surface area contributed by atoms with E-state index in [1.807, 2.05) is 0 Å². The first kappa shape index (κ1) is 50.3. The fourth-order valence-electron chi connectivity index (χ4n) is 6.98. The van der Waals surface area contributed by atoms with Crippen molar-refractivity contribution in [1.29, 1.82) is 0 Å². The van der Waals surface area contributed by atoms with E-state index in [1.165, 1.54) is 173 Å². The number of unbranched alkanes of at least 4 members (excludes halogenated alkanes) is 25. The van der Waals surface area contributed by atoms with E-state index in [1.54, 1.807) is 0 Å². The Morgan fingerprint density at radius 3 is 0.824 bits per heavy atom. The summed E-state index contributed by atoms with van der Waals surface area (Å²) in [6, 6.07) is 0. The van der Waals surface area contributed by atoms with Crippen LogP contribution < -0.4 is 0 Å². The highest BCUT2D eigenvalue weighted by atomic mass is 16.5. The zero-order chi connectivity index (χ0) is 37.7. The fraction of sp³-hybridized carbons (Fsp3) is 0.915. The third kappa shape index (κ3) is 40.3. The molecule has 2 unspecified atom stereocenters. The number of likely N-dealkylation sites (N-methyl/N-ethyl adjacent to an activating group) is 2. The van der Waals surface area contributed by atoms with E-state index in [0.717, 1.165) is 48.1 Å². The first-order valence-electron chi connectivity index (χ1n) is 22.7. The van der Waals surface area contributed by atoms with E-state index in [9.17, 15) is 0 Å². The molecule has 0 fully saturated rings. The van der Waals surface area contributed by atoms with Crippen LogP contribution in [0.3, 0.4) is 0 Å². The van der Waals surface area contributed by atoms with Gasteiger partial charge < -0.3 is 18.4 Å². The van der Waals surface area contributed by atoms with Crippen molar-refractivity contribution >= 4 is 0 Å². The first-order chi connectivity index (χ1) is 24.6. The third-order valence-corrected chi connectivity index (χ3v) is 10.1. The number of hydrogen-bond donors (Lipinski definition) is 0. The molecular formula is C47H96N2O2+2. The molecule has 0 aromatic heterocycles. The van der Waals surface area contributed by atoms with Gasteiger partial charge in [-0.05, 0) is 64.2 Å². The molecule has 0 radical (unpaired) electrons. The SMILES string of the molecule is CCCCCCCC/C=C/CCCCCCCCOC(C[N+](C)(C)C)C(C[N+](C)(C)C)OCCCCCCCC/C=C/CCCCCCCCC. The topological polar surface area (TPSA) is 18.5 Å². The smallest absolute Gasteiger partial charge is 0.138 e. The minimum absolute atomic E-state index is 0.143. The largest absolute Gasteiger partial charge is 0.369 e. The summed E-state index contributed by atoms with van der Waals surface area (Å²) in [5.41, 5.74) is 0. The lowest BCUT2D eigenvalue weighted by Crippen LogP contribution is -2.53. The van der Waals surface area contributed by atoms with E-state index >= 15 is 0 Å². The van der Waals surface area contributed by atoms with Gasteiger partial charge in [0.2, 0.25) is 0 Å². The summed E-state index contributed by atoms with van der Waals surface area (Å²) in [6.07, 6.45) is 49.0. The van der Waals surface area contributed by atoms with Gasteiger partial charge in [-0.2, -0.15) is 0 Å². The molecule has 0 saturated heterocycles. The molecule has 4 nitrogen and oxygen atoms in total. The molecule has 2 atom stereocenters. The molecule has 0 aromatic rings. The maximum Gasteiger partial charge on any atom is 0.138 e. The second-order valence-electron chi connectivity index (χ2n) is 18.0. The van der Waals surface area contributed by atoms with Crippen LogP contribution in [0, 0.1) is 0 Å². The fourth-order valence-corrected chi connectivity index (χ4v) is 6.98. The van der Waals surface area contributed by atoms with Gasteiger partial charge in [0.15, 0.2) is 0 Å². The third-order valence-electron chi connectivity index (χ3n) is 10.1. The average molecular weight is 721 g/mol. The zero-order valence-corrected chi connectivity index (χ0v) is 36.5. The van der Waals surface area contributed by atoms with Crippen LogP contribution in [0.1, 0.15) is 200 Å². The van der Waals surface area contributed by atoms with Crippen LogP contribution in [-0.2, 0) is 9.47 Å². The summed E-state index contributed by atoms with van der Waals surface area (Å²) in [5.74, 6) is 0. The molecule has 4 heteroatoms. The van der Waals surface area contributed by atoms with E-state index < -0.39 is 0 Å². The molecule has 0 bridgehead atoms. The van der Waals surface area contributed by atoms with Gasteiger partial charge in [0, 0.05) is 13.2 Å². The van der Waals surface area contributed by atoms with Crippen molar-refractivity contribution in [1.82, 2.24) is 0 Å². The van der Waals surface area contributed by atoms with Crippen molar-refractivity contribution in [3.63, 3.8) is 0 Å². The number of allylic oxidation sites excluding steroid dienone is 4. The number of rotatable bonds is 40. The molecule has 0 aliphatic carbocycles. The Hall–Kier alpha value is -0.680. The number of ether oxygens (including phenoxy) is 2.